The van der Waals surface area contributed by atoms with E-state index in [1.165, 1.54) is 6.07 Å². The summed E-state index contributed by atoms with van der Waals surface area (Å²) in [7, 11) is 0. The van der Waals surface area contributed by atoms with Crippen LogP contribution in [0.4, 0.5) is 23.4 Å². The first kappa shape index (κ1) is 15.8. The molecule has 0 aliphatic rings. The number of hydrogen-bond donors (Lipinski definition) is 1. The second-order valence-electron chi connectivity index (χ2n) is 4.41. The minimum Gasteiger partial charge on any atom is -0.369 e. The number of nitrogens with zero attached hydrogens (tertiary/aromatic N) is 2. The lowest BCUT2D eigenvalue weighted by molar-refractivity contribution is -0.140. The van der Waals surface area contributed by atoms with E-state index in [0.29, 0.717) is 11.9 Å². The summed E-state index contributed by atoms with van der Waals surface area (Å²) in [5.41, 5.74) is 0.0893. The van der Waals surface area contributed by atoms with Crippen LogP contribution in [0.3, 0.4) is 0 Å². The lowest BCUT2D eigenvalue weighted by Gasteiger charge is -2.16. The van der Waals surface area contributed by atoms with Crippen molar-refractivity contribution in [1.29, 1.82) is 0 Å². The molecule has 2 rings (SSSR count). The average molecular weight is 322 g/mol. The smallest absolute Gasteiger partial charge is 0.365 e. The van der Waals surface area contributed by atoms with E-state index in [2.05, 4.69) is 15.3 Å². The third-order valence-electron chi connectivity index (χ3n) is 2.77. The minimum absolute atomic E-state index is 0.0893. The number of anilines is 1. The summed E-state index contributed by atoms with van der Waals surface area (Å²) in [4.78, 5) is 7.10. The second-order valence-corrected chi connectivity index (χ2v) is 4.84. The maximum absolute atomic E-state index is 13.5. The average Bonchev–Trinajstić information content (AvgIpc) is 2.43. The number of fused-ring (bicyclic) bond motifs is 1. The van der Waals surface area contributed by atoms with Gasteiger partial charge < -0.3 is 5.32 Å². The molecule has 3 nitrogen and oxygen atoms in total. The highest BCUT2D eigenvalue weighted by molar-refractivity contribution is 6.31. The molecule has 1 aromatic carbocycles. The Morgan fingerprint density at radius 2 is 2.00 bits per heavy atom. The Balaban J connectivity index is 2.62. The van der Waals surface area contributed by atoms with E-state index in [-0.39, 0.29) is 16.4 Å². The van der Waals surface area contributed by atoms with Crippen LogP contribution in [0, 0.1) is 0 Å². The summed E-state index contributed by atoms with van der Waals surface area (Å²) >= 11 is 5.79. The van der Waals surface area contributed by atoms with E-state index in [0.717, 1.165) is 6.42 Å². The van der Waals surface area contributed by atoms with Gasteiger partial charge in [-0.05, 0) is 24.6 Å². The molecule has 0 saturated heterocycles. The van der Waals surface area contributed by atoms with Crippen molar-refractivity contribution in [3.05, 3.63) is 29.0 Å². The molecule has 21 heavy (non-hydrogen) atoms. The number of nitrogens with one attached hydrogen (secondary N) is 1. The standard InChI is InChI=1S/C13H12ClF4N3/c1-2-5-19-10-8-4-3-7(14)6-9(8)20-12(21-10)13(17,18)11(15)16/h3-4,6,11H,2,5H2,1H3,(H,19,20,21). The summed E-state index contributed by atoms with van der Waals surface area (Å²) in [5, 5.41) is 3.55. The van der Waals surface area contributed by atoms with E-state index in [1.54, 1.807) is 12.1 Å². The molecule has 1 N–H and O–H groups in total. The maximum Gasteiger partial charge on any atom is 0.365 e. The zero-order valence-electron chi connectivity index (χ0n) is 11.0. The van der Waals surface area contributed by atoms with Gasteiger partial charge in [0.2, 0.25) is 5.82 Å². The van der Waals surface area contributed by atoms with Gasteiger partial charge in [0.15, 0.2) is 0 Å². The van der Waals surface area contributed by atoms with Crippen LogP contribution in [0.2, 0.25) is 5.02 Å². The summed E-state index contributed by atoms with van der Waals surface area (Å²) in [5.74, 6) is -5.54. The predicted octanol–water partition coefficient (Wildman–Crippen LogP) is 4.46. The number of alkyl halides is 4. The molecule has 0 atom stereocenters. The topological polar surface area (TPSA) is 37.8 Å². The van der Waals surface area contributed by atoms with Gasteiger partial charge in [-0.25, -0.2) is 18.7 Å². The molecule has 0 saturated carbocycles. The van der Waals surface area contributed by atoms with Crippen molar-refractivity contribution < 1.29 is 17.6 Å². The highest BCUT2D eigenvalue weighted by Gasteiger charge is 2.46. The second kappa shape index (κ2) is 6.01. The summed E-state index contributed by atoms with van der Waals surface area (Å²) in [6.07, 6.45) is -3.16. The zero-order valence-corrected chi connectivity index (χ0v) is 11.8. The Hall–Kier alpha value is -1.63. The van der Waals surface area contributed by atoms with Gasteiger partial charge in [-0.3, -0.25) is 0 Å². The van der Waals surface area contributed by atoms with Crippen LogP contribution < -0.4 is 5.32 Å². The summed E-state index contributed by atoms with van der Waals surface area (Å²) in [6.45, 7) is 2.34. The van der Waals surface area contributed by atoms with Gasteiger partial charge >= 0.3 is 12.3 Å². The van der Waals surface area contributed by atoms with Gasteiger partial charge in [-0.2, -0.15) is 8.78 Å². The van der Waals surface area contributed by atoms with Crippen LogP contribution in [0.15, 0.2) is 18.2 Å². The van der Waals surface area contributed by atoms with E-state index < -0.39 is 18.2 Å². The lowest BCUT2D eigenvalue weighted by Crippen LogP contribution is -2.27. The van der Waals surface area contributed by atoms with Crippen molar-refractivity contribution in [2.24, 2.45) is 0 Å². The first-order valence-electron chi connectivity index (χ1n) is 6.24. The first-order valence-corrected chi connectivity index (χ1v) is 6.61. The molecule has 0 amide bonds. The molecule has 0 fully saturated rings. The quantitative estimate of drug-likeness (QED) is 0.826. The SMILES string of the molecule is CCCNc1nc(C(F)(F)C(F)F)nc2cc(Cl)ccc12. The summed E-state index contributed by atoms with van der Waals surface area (Å²) < 4.78 is 51.9. The third kappa shape index (κ3) is 3.18. The monoisotopic (exact) mass is 321 g/mol. The lowest BCUT2D eigenvalue weighted by atomic mass is 10.2. The van der Waals surface area contributed by atoms with Gasteiger partial charge in [0.05, 0.1) is 5.52 Å². The van der Waals surface area contributed by atoms with Crippen LogP contribution in [-0.4, -0.2) is 22.9 Å². The third-order valence-corrected chi connectivity index (χ3v) is 3.01. The molecular weight excluding hydrogens is 310 g/mol. The van der Waals surface area contributed by atoms with Gasteiger partial charge in [-0.1, -0.05) is 18.5 Å². The molecule has 2 aromatic rings. The van der Waals surface area contributed by atoms with Crippen LogP contribution in [0.1, 0.15) is 19.2 Å². The predicted molar refractivity (Wildman–Crippen MR) is 73.2 cm³/mol. The molecule has 114 valence electrons. The van der Waals surface area contributed by atoms with Crippen molar-refractivity contribution in [2.45, 2.75) is 25.7 Å². The van der Waals surface area contributed by atoms with Gasteiger partial charge in [-0.15, -0.1) is 0 Å². The molecule has 0 bridgehead atoms. The van der Waals surface area contributed by atoms with Crippen molar-refractivity contribution in [3.63, 3.8) is 0 Å². The summed E-state index contributed by atoms with van der Waals surface area (Å²) in [6, 6.07) is 4.44. The van der Waals surface area contributed by atoms with Gasteiger partial charge in [0.25, 0.3) is 0 Å². The van der Waals surface area contributed by atoms with Crippen molar-refractivity contribution in [3.8, 4) is 0 Å². The first-order chi connectivity index (χ1) is 9.86. The largest absolute Gasteiger partial charge is 0.369 e. The number of aromatic nitrogens is 2. The normalized spacial score (nSPS) is 12.1. The molecule has 0 unspecified atom stereocenters. The fourth-order valence-corrected chi connectivity index (χ4v) is 1.89. The van der Waals surface area contributed by atoms with E-state index in [4.69, 9.17) is 11.6 Å². The van der Waals surface area contributed by atoms with Crippen LogP contribution in [0.25, 0.3) is 10.9 Å². The molecule has 1 aromatic heterocycles. The van der Waals surface area contributed by atoms with Crippen molar-refractivity contribution in [1.82, 2.24) is 9.97 Å². The molecule has 0 radical (unpaired) electrons. The van der Waals surface area contributed by atoms with Crippen molar-refractivity contribution >= 4 is 28.3 Å². The molecule has 8 heteroatoms. The Labute approximate surface area is 123 Å². The van der Waals surface area contributed by atoms with Gasteiger partial charge in [0.1, 0.15) is 5.82 Å². The van der Waals surface area contributed by atoms with Crippen LogP contribution in [-0.2, 0) is 5.92 Å². The number of halogens is 5. The number of hydrogen-bond acceptors (Lipinski definition) is 3. The van der Waals surface area contributed by atoms with Crippen LogP contribution >= 0.6 is 11.6 Å². The van der Waals surface area contributed by atoms with E-state index in [1.807, 2.05) is 6.92 Å². The Kier molecular flexibility index (Phi) is 4.51. The maximum atomic E-state index is 13.5. The van der Waals surface area contributed by atoms with Crippen LogP contribution in [0.5, 0.6) is 0 Å². The molecular formula is C13H12ClF4N3. The highest BCUT2D eigenvalue weighted by atomic mass is 35.5. The van der Waals surface area contributed by atoms with Gasteiger partial charge in [0, 0.05) is 17.0 Å². The number of benzene rings is 1. The fraction of sp³-hybridized carbons (Fsp3) is 0.385. The molecule has 1 heterocycles. The molecule has 0 spiro atoms. The van der Waals surface area contributed by atoms with Crippen molar-refractivity contribution in [2.75, 3.05) is 11.9 Å². The minimum atomic E-state index is -4.42. The van der Waals surface area contributed by atoms with E-state index in [9.17, 15) is 17.6 Å². The Morgan fingerprint density at radius 3 is 2.62 bits per heavy atom. The molecule has 0 aliphatic heterocycles. The fourth-order valence-electron chi connectivity index (χ4n) is 1.73. The zero-order chi connectivity index (χ0) is 15.6. The Morgan fingerprint density at radius 1 is 1.29 bits per heavy atom. The highest BCUT2D eigenvalue weighted by Crippen LogP contribution is 2.35. The Bertz CT molecular complexity index is 649. The number of rotatable bonds is 5. The van der Waals surface area contributed by atoms with E-state index >= 15 is 0 Å². The molecule has 0 aliphatic carbocycles.